The van der Waals surface area contributed by atoms with Crippen molar-refractivity contribution in [2.45, 2.75) is 32.0 Å². The number of methoxy groups -OCH3 is 1. The van der Waals surface area contributed by atoms with E-state index < -0.39 is 78.3 Å². The first-order valence-corrected chi connectivity index (χ1v) is 13.0. The molecule has 1 aliphatic heterocycles. The summed E-state index contributed by atoms with van der Waals surface area (Å²) in [5.41, 5.74) is -2.49. The van der Waals surface area contributed by atoms with Gasteiger partial charge in [-0.15, -0.1) is 0 Å². The fourth-order valence-corrected chi connectivity index (χ4v) is 4.83. The van der Waals surface area contributed by atoms with Gasteiger partial charge in [-0.1, -0.05) is 6.92 Å². The second kappa shape index (κ2) is 12.8. The fourth-order valence-electron chi connectivity index (χ4n) is 4.83. The Morgan fingerprint density at radius 1 is 1.07 bits per heavy atom. The summed E-state index contributed by atoms with van der Waals surface area (Å²) in [6, 6.07) is 7.65. The van der Waals surface area contributed by atoms with Crippen LogP contribution in [0.15, 0.2) is 59.5 Å². The number of hydrogen-bond acceptors (Lipinski definition) is 7. The number of carbonyl (C=O) groups excluding carboxylic acids is 2. The van der Waals surface area contributed by atoms with Crippen LogP contribution in [0, 0.1) is 17.0 Å². The lowest BCUT2D eigenvalue weighted by atomic mass is 9.92. The molecular weight excluding hydrogens is 578 g/mol. The highest BCUT2D eigenvalue weighted by Crippen LogP contribution is 2.36. The molecule has 4 rings (SSSR count). The minimum absolute atomic E-state index is 0.0587. The van der Waals surface area contributed by atoms with E-state index in [9.17, 15) is 33.4 Å². The van der Waals surface area contributed by atoms with Gasteiger partial charge in [-0.3, -0.25) is 14.4 Å². The lowest BCUT2D eigenvalue weighted by Gasteiger charge is -2.26. The van der Waals surface area contributed by atoms with E-state index in [2.05, 4.69) is 10.1 Å². The molecular formula is C29H29F4N3O7. The first-order valence-electron chi connectivity index (χ1n) is 13.0. The van der Waals surface area contributed by atoms with Crippen LogP contribution in [0.1, 0.15) is 28.8 Å². The number of aliphatic hydroxyl groups excluding tert-OH is 2. The lowest BCUT2D eigenvalue weighted by molar-refractivity contribution is -0.118. The summed E-state index contributed by atoms with van der Waals surface area (Å²) < 4.78 is 65.9. The standard InChI is InChI=1S/C29H29F4N3O7/c1-29(14-37,15-38)13-35-9-3-4-22(26(35)40)36-12-19(23-20(30)10-18(42-2)11-21(23)31)24(27(36)41)34-25(39)16-5-7-17(8-6-16)43-28(32)33/h3-11,19,24,28,37-38H,12-15H2,1-2H3,(H,34,39)/t19-,24-/m0/s1. The fraction of sp³-hybridized carbons (Fsp3) is 0.345. The third kappa shape index (κ3) is 6.65. The molecule has 2 heterocycles. The van der Waals surface area contributed by atoms with Crippen molar-refractivity contribution in [3.63, 3.8) is 0 Å². The van der Waals surface area contributed by atoms with Crippen molar-refractivity contribution in [2.75, 3.05) is 31.8 Å². The Labute approximate surface area is 243 Å². The number of anilines is 1. The molecule has 230 valence electrons. The number of aromatic nitrogens is 1. The highest BCUT2D eigenvalue weighted by Gasteiger charge is 2.46. The number of carbonyl (C=O) groups is 2. The number of nitrogens with zero attached hydrogens (tertiary/aromatic N) is 2. The van der Waals surface area contributed by atoms with E-state index in [0.717, 1.165) is 29.2 Å². The number of aliphatic hydroxyl groups is 2. The molecule has 14 heteroatoms. The molecule has 1 fully saturated rings. The maximum absolute atomic E-state index is 15.2. The van der Waals surface area contributed by atoms with Gasteiger partial charge < -0.3 is 34.5 Å². The predicted molar refractivity (Wildman–Crippen MR) is 145 cm³/mol. The van der Waals surface area contributed by atoms with Crippen molar-refractivity contribution in [1.29, 1.82) is 0 Å². The van der Waals surface area contributed by atoms with Crippen molar-refractivity contribution in [3.8, 4) is 11.5 Å². The third-order valence-electron chi connectivity index (χ3n) is 7.21. The van der Waals surface area contributed by atoms with Crippen LogP contribution in [-0.4, -0.2) is 66.1 Å². The van der Waals surface area contributed by atoms with Gasteiger partial charge in [0.15, 0.2) is 0 Å². The Balaban J connectivity index is 1.73. The number of halogens is 4. The molecule has 1 saturated heterocycles. The van der Waals surface area contributed by atoms with Crippen molar-refractivity contribution >= 4 is 17.5 Å². The van der Waals surface area contributed by atoms with Gasteiger partial charge in [-0.2, -0.15) is 8.78 Å². The van der Waals surface area contributed by atoms with Gasteiger partial charge in [-0.25, -0.2) is 8.78 Å². The van der Waals surface area contributed by atoms with Crippen LogP contribution in [0.25, 0.3) is 0 Å². The molecule has 0 saturated carbocycles. The van der Waals surface area contributed by atoms with Gasteiger partial charge in [0.1, 0.15) is 34.9 Å². The topological polar surface area (TPSA) is 130 Å². The molecule has 0 spiro atoms. The zero-order valence-corrected chi connectivity index (χ0v) is 23.1. The molecule has 1 aliphatic rings. The molecule has 43 heavy (non-hydrogen) atoms. The highest BCUT2D eigenvalue weighted by atomic mass is 19.3. The maximum atomic E-state index is 15.2. The third-order valence-corrected chi connectivity index (χ3v) is 7.21. The molecule has 10 nitrogen and oxygen atoms in total. The first kappa shape index (κ1) is 31.5. The Bertz CT molecular complexity index is 1520. The van der Waals surface area contributed by atoms with Gasteiger partial charge in [-0.05, 0) is 36.4 Å². The number of rotatable bonds is 11. The number of alkyl halides is 2. The van der Waals surface area contributed by atoms with Crippen LogP contribution in [0.5, 0.6) is 11.5 Å². The van der Waals surface area contributed by atoms with Crippen LogP contribution in [0.4, 0.5) is 23.2 Å². The monoisotopic (exact) mass is 607 g/mol. The molecule has 0 bridgehead atoms. The van der Waals surface area contributed by atoms with Crippen LogP contribution in [0.2, 0.25) is 0 Å². The summed E-state index contributed by atoms with van der Waals surface area (Å²) in [7, 11) is 1.22. The molecule has 2 aromatic carbocycles. The summed E-state index contributed by atoms with van der Waals surface area (Å²) in [5, 5.41) is 21.8. The van der Waals surface area contributed by atoms with E-state index in [1.165, 1.54) is 42.1 Å². The van der Waals surface area contributed by atoms with E-state index in [4.69, 9.17) is 4.74 Å². The quantitative estimate of drug-likeness (QED) is 0.286. The van der Waals surface area contributed by atoms with Gasteiger partial charge in [0.2, 0.25) is 5.91 Å². The second-order valence-corrected chi connectivity index (χ2v) is 10.4. The van der Waals surface area contributed by atoms with Gasteiger partial charge in [0.05, 0.1) is 20.3 Å². The van der Waals surface area contributed by atoms with Crippen molar-refractivity contribution in [1.82, 2.24) is 9.88 Å². The van der Waals surface area contributed by atoms with Gasteiger partial charge >= 0.3 is 6.61 Å². The number of amides is 2. The highest BCUT2D eigenvalue weighted by molar-refractivity contribution is 6.05. The summed E-state index contributed by atoms with van der Waals surface area (Å²) in [6.07, 6.45) is 1.40. The largest absolute Gasteiger partial charge is 0.497 e. The average molecular weight is 608 g/mol. The lowest BCUT2D eigenvalue weighted by Crippen LogP contribution is -2.45. The molecule has 3 N–H and O–H groups in total. The summed E-state index contributed by atoms with van der Waals surface area (Å²) in [5.74, 6) is -5.42. The normalized spacial score (nSPS) is 17.0. The average Bonchev–Trinajstić information content (AvgIpc) is 3.28. The SMILES string of the molecule is COc1cc(F)c([C@@H]2CN(c3cccn(CC(C)(CO)CO)c3=O)C(=O)[C@H]2NC(=O)c2ccc(OC(F)F)cc2)c(F)c1. The van der Waals surface area contributed by atoms with E-state index in [1.807, 2.05) is 0 Å². The molecule has 3 aromatic rings. The molecule has 0 aliphatic carbocycles. The van der Waals surface area contributed by atoms with E-state index in [-0.39, 0.29) is 29.3 Å². The van der Waals surface area contributed by atoms with E-state index >= 15 is 8.78 Å². The minimum Gasteiger partial charge on any atom is -0.497 e. The number of hydrogen-bond donors (Lipinski definition) is 3. The van der Waals surface area contributed by atoms with E-state index in [0.29, 0.717) is 0 Å². The summed E-state index contributed by atoms with van der Waals surface area (Å²) in [6.45, 7) is -2.92. The Kier molecular flexibility index (Phi) is 9.40. The van der Waals surface area contributed by atoms with Gasteiger partial charge in [0.25, 0.3) is 11.5 Å². The molecule has 0 unspecified atom stereocenters. The Morgan fingerprint density at radius 3 is 2.26 bits per heavy atom. The Hall–Kier alpha value is -4.43. The second-order valence-electron chi connectivity index (χ2n) is 10.4. The maximum Gasteiger partial charge on any atom is 0.387 e. The zero-order chi connectivity index (χ0) is 31.5. The van der Waals surface area contributed by atoms with E-state index in [1.54, 1.807) is 6.92 Å². The number of nitrogens with one attached hydrogen (secondary N) is 1. The van der Waals surface area contributed by atoms with Crippen LogP contribution in [-0.2, 0) is 11.3 Å². The number of pyridine rings is 1. The van der Waals surface area contributed by atoms with Gasteiger partial charge in [0, 0.05) is 53.9 Å². The predicted octanol–water partition coefficient (Wildman–Crippen LogP) is 2.66. The summed E-state index contributed by atoms with van der Waals surface area (Å²) in [4.78, 5) is 41.3. The first-order chi connectivity index (χ1) is 20.4. The number of benzene rings is 2. The van der Waals surface area contributed by atoms with Crippen LogP contribution >= 0.6 is 0 Å². The molecule has 0 radical (unpaired) electrons. The van der Waals surface area contributed by atoms with Crippen molar-refractivity contribution in [3.05, 3.63) is 87.8 Å². The van der Waals surface area contributed by atoms with Crippen molar-refractivity contribution in [2.24, 2.45) is 5.41 Å². The Morgan fingerprint density at radius 2 is 1.70 bits per heavy atom. The van der Waals surface area contributed by atoms with Crippen molar-refractivity contribution < 1.29 is 46.8 Å². The molecule has 2 amide bonds. The number of ether oxygens (including phenoxy) is 2. The molecule has 1 aromatic heterocycles. The van der Waals surface area contributed by atoms with Crippen LogP contribution in [0.3, 0.4) is 0 Å². The summed E-state index contributed by atoms with van der Waals surface area (Å²) >= 11 is 0. The smallest absolute Gasteiger partial charge is 0.387 e. The molecule has 2 atom stereocenters. The minimum atomic E-state index is -3.08. The zero-order valence-electron chi connectivity index (χ0n) is 23.1. The van der Waals surface area contributed by atoms with Crippen LogP contribution < -0.4 is 25.2 Å².